The van der Waals surface area contributed by atoms with E-state index < -0.39 is 5.97 Å². The Morgan fingerprint density at radius 2 is 2.46 bits per heavy atom. The summed E-state index contributed by atoms with van der Waals surface area (Å²) in [5, 5.41) is 11.2. The topological polar surface area (TPSA) is 71.5 Å². The van der Waals surface area contributed by atoms with Crippen molar-refractivity contribution in [3.63, 3.8) is 0 Å². The zero-order chi connectivity index (χ0) is 9.68. The highest BCUT2D eigenvalue weighted by Crippen LogP contribution is 2.10. The van der Waals surface area contributed by atoms with E-state index in [2.05, 4.69) is 10.3 Å². The highest BCUT2D eigenvalue weighted by atomic mass is 16.5. The average molecular weight is 182 g/mol. The minimum atomic E-state index is -1.01. The zero-order valence-corrected chi connectivity index (χ0v) is 7.15. The average Bonchev–Trinajstić information content (AvgIpc) is 2.15. The third-order valence-corrected chi connectivity index (χ3v) is 1.37. The first-order valence-electron chi connectivity index (χ1n) is 3.71. The van der Waals surface area contributed by atoms with E-state index in [1.807, 2.05) is 0 Å². The third-order valence-electron chi connectivity index (χ3n) is 1.37. The predicted octanol–water partition coefficient (Wildman–Crippen LogP) is 0.587. The van der Waals surface area contributed by atoms with Crippen LogP contribution in [-0.2, 0) is 4.79 Å². The summed E-state index contributed by atoms with van der Waals surface area (Å²) in [6, 6.07) is 3.36. The van der Waals surface area contributed by atoms with Gasteiger partial charge in [0.1, 0.15) is 0 Å². The molecule has 1 aromatic heterocycles. The number of rotatable bonds is 4. The summed E-state index contributed by atoms with van der Waals surface area (Å²) in [4.78, 5) is 14.0. The van der Waals surface area contributed by atoms with Gasteiger partial charge in [-0.2, -0.15) is 0 Å². The van der Waals surface area contributed by atoms with Crippen molar-refractivity contribution in [2.75, 3.05) is 19.0 Å². The van der Waals surface area contributed by atoms with E-state index >= 15 is 0 Å². The van der Waals surface area contributed by atoms with E-state index in [0.29, 0.717) is 5.88 Å². The van der Waals surface area contributed by atoms with E-state index in [0.717, 1.165) is 5.69 Å². The molecular formula is C8H10N2O3. The van der Waals surface area contributed by atoms with E-state index in [4.69, 9.17) is 9.84 Å². The van der Waals surface area contributed by atoms with Crippen molar-refractivity contribution >= 4 is 11.7 Å². The number of nitrogens with zero attached hydrogens (tertiary/aromatic N) is 1. The molecule has 0 amide bonds. The fraction of sp³-hybridized carbons (Fsp3) is 0.250. The maximum Gasteiger partial charge on any atom is 0.341 e. The molecule has 0 spiro atoms. The number of pyridine rings is 1. The lowest BCUT2D eigenvalue weighted by Crippen LogP contribution is -2.10. The molecule has 0 radical (unpaired) electrons. The third kappa shape index (κ3) is 2.98. The van der Waals surface area contributed by atoms with Gasteiger partial charge in [0.2, 0.25) is 5.88 Å². The van der Waals surface area contributed by atoms with Gasteiger partial charge in [0.05, 0.1) is 11.9 Å². The number of carbonyl (C=O) groups is 1. The lowest BCUT2D eigenvalue weighted by molar-refractivity contribution is -0.139. The van der Waals surface area contributed by atoms with Crippen molar-refractivity contribution in [2.45, 2.75) is 0 Å². The van der Waals surface area contributed by atoms with Crippen molar-refractivity contribution in [1.82, 2.24) is 4.98 Å². The maximum absolute atomic E-state index is 10.1. The first-order chi connectivity index (χ1) is 6.22. The molecule has 0 fully saturated rings. The molecule has 5 heteroatoms. The summed E-state index contributed by atoms with van der Waals surface area (Å²) in [6.45, 7) is -0.369. The first-order valence-corrected chi connectivity index (χ1v) is 3.71. The van der Waals surface area contributed by atoms with Gasteiger partial charge in [-0.1, -0.05) is 0 Å². The molecule has 0 saturated carbocycles. The normalized spacial score (nSPS) is 9.31. The lowest BCUT2D eigenvalue weighted by Gasteiger charge is -2.02. The van der Waals surface area contributed by atoms with Crippen molar-refractivity contribution in [3.8, 4) is 5.88 Å². The second-order valence-electron chi connectivity index (χ2n) is 2.32. The molecule has 0 unspecified atom stereocenters. The lowest BCUT2D eigenvalue weighted by atomic mass is 10.4. The Morgan fingerprint density at radius 3 is 2.92 bits per heavy atom. The van der Waals surface area contributed by atoms with E-state index in [1.165, 1.54) is 0 Å². The minimum absolute atomic E-state index is 0.307. The molecule has 0 aromatic carbocycles. The molecule has 0 aliphatic carbocycles. The van der Waals surface area contributed by atoms with Crippen LogP contribution in [0, 0.1) is 0 Å². The molecule has 0 saturated heterocycles. The molecular weight excluding hydrogens is 172 g/mol. The van der Waals surface area contributed by atoms with Crippen LogP contribution in [0.3, 0.4) is 0 Å². The van der Waals surface area contributed by atoms with Crippen LogP contribution in [0.1, 0.15) is 0 Å². The Morgan fingerprint density at radius 1 is 1.69 bits per heavy atom. The molecule has 1 heterocycles. The second-order valence-corrected chi connectivity index (χ2v) is 2.32. The van der Waals surface area contributed by atoms with Gasteiger partial charge in [-0.25, -0.2) is 9.78 Å². The largest absolute Gasteiger partial charge is 0.479 e. The van der Waals surface area contributed by atoms with Crippen molar-refractivity contribution in [2.24, 2.45) is 0 Å². The number of hydrogen-bond acceptors (Lipinski definition) is 4. The van der Waals surface area contributed by atoms with Gasteiger partial charge >= 0.3 is 5.97 Å². The molecule has 0 aliphatic rings. The van der Waals surface area contributed by atoms with E-state index in [-0.39, 0.29) is 6.61 Å². The quantitative estimate of drug-likeness (QED) is 0.712. The monoisotopic (exact) mass is 182 g/mol. The van der Waals surface area contributed by atoms with Crippen LogP contribution in [0.15, 0.2) is 18.3 Å². The Bertz CT molecular complexity index is 284. The molecule has 0 atom stereocenters. The molecule has 0 bridgehead atoms. The smallest absolute Gasteiger partial charge is 0.341 e. The van der Waals surface area contributed by atoms with Crippen LogP contribution in [0.25, 0.3) is 0 Å². The first kappa shape index (κ1) is 9.31. The number of anilines is 1. The Labute approximate surface area is 75.4 Å². The van der Waals surface area contributed by atoms with Gasteiger partial charge in [0.25, 0.3) is 0 Å². The number of carboxylic acids is 1. The summed E-state index contributed by atoms with van der Waals surface area (Å²) in [5.74, 6) is -0.708. The molecule has 13 heavy (non-hydrogen) atoms. The van der Waals surface area contributed by atoms with Crippen LogP contribution in [0.2, 0.25) is 0 Å². The van der Waals surface area contributed by atoms with Crippen LogP contribution in [0.5, 0.6) is 5.88 Å². The Balaban J connectivity index is 2.54. The molecule has 1 aromatic rings. The molecule has 70 valence electrons. The summed E-state index contributed by atoms with van der Waals surface area (Å²) in [6.07, 6.45) is 1.57. The van der Waals surface area contributed by atoms with Gasteiger partial charge < -0.3 is 15.2 Å². The van der Waals surface area contributed by atoms with Crippen LogP contribution < -0.4 is 10.1 Å². The predicted molar refractivity (Wildman–Crippen MR) is 46.9 cm³/mol. The fourth-order valence-corrected chi connectivity index (χ4v) is 0.749. The fourth-order valence-electron chi connectivity index (χ4n) is 0.749. The molecule has 5 nitrogen and oxygen atoms in total. The number of aliphatic carboxylic acids is 1. The second kappa shape index (κ2) is 4.30. The Hall–Kier alpha value is -1.78. The minimum Gasteiger partial charge on any atom is -0.479 e. The van der Waals surface area contributed by atoms with Crippen molar-refractivity contribution in [1.29, 1.82) is 0 Å². The van der Waals surface area contributed by atoms with Crippen molar-refractivity contribution in [3.05, 3.63) is 18.3 Å². The van der Waals surface area contributed by atoms with Gasteiger partial charge in [0.15, 0.2) is 6.61 Å². The van der Waals surface area contributed by atoms with Gasteiger partial charge in [-0.05, 0) is 6.07 Å². The highest BCUT2D eigenvalue weighted by Gasteiger charge is 1.99. The van der Waals surface area contributed by atoms with E-state index in [9.17, 15) is 4.79 Å². The van der Waals surface area contributed by atoms with E-state index in [1.54, 1.807) is 25.4 Å². The van der Waals surface area contributed by atoms with Crippen molar-refractivity contribution < 1.29 is 14.6 Å². The summed E-state index contributed by atoms with van der Waals surface area (Å²) in [5.41, 5.74) is 0.850. The number of hydrogen-bond donors (Lipinski definition) is 2. The molecule has 0 aliphatic heterocycles. The van der Waals surface area contributed by atoms with Crippen LogP contribution in [-0.4, -0.2) is 29.7 Å². The highest BCUT2D eigenvalue weighted by molar-refractivity contribution is 5.68. The summed E-state index contributed by atoms with van der Waals surface area (Å²) < 4.78 is 4.83. The zero-order valence-electron chi connectivity index (χ0n) is 7.15. The molecule has 2 N–H and O–H groups in total. The Kier molecular flexibility index (Phi) is 3.08. The maximum atomic E-state index is 10.1. The summed E-state index contributed by atoms with van der Waals surface area (Å²) in [7, 11) is 1.77. The van der Waals surface area contributed by atoms with Crippen LogP contribution >= 0.6 is 0 Å². The SMILES string of the molecule is CNc1ccc(OCC(=O)O)nc1. The standard InChI is InChI=1S/C8H10N2O3/c1-9-6-2-3-7(10-4-6)13-5-8(11)12/h2-4,9H,5H2,1H3,(H,11,12). The van der Waals surface area contributed by atoms with Gasteiger partial charge in [0, 0.05) is 13.1 Å². The summed E-state index contributed by atoms with van der Waals surface area (Å²) >= 11 is 0. The van der Waals surface area contributed by atoms with Gasteiger partial charge in [-0.3, -0.25) is 0 Å². The number of ether oxygens (including phenoxy) is 1. The van der Waals surface area contributed by atoms with Crippen LogP contribution in [0.4, 0.5) is 5.69 Å². The molecule has 1 rings (SSSR count). The van der Waals surface area contributed by atoms with Gasteiger partial charge in [-0.15, -0.1) is 0 Å². The number of nitrogens with one attached hydrogen (secondary N) is 1. The number of carboxylic acid groups (broad SMARTS) is 1. The number of aromatic nitrogens is 1.